The van der Waals surface area contributed by atoms with Crippen molar-refractivity contribution in [3.63, 3.8) is 0 Å². The first-order valence-electron chi connectivity index (χ1n) is 11.0. The third-order valence-electron chi connectivity index (χ3n) is 7.17. The maximum atomic E-state index is 12.5. The van der Waals surface area contributed by atoms with Crippen LogP contribution in [-0.4, -0.2) is 59.0 Å². The van der Waals surface area contributed by atoms with E-state index in [-0.39, 0.29) is 5.41 Å². The predicted molar refractivity (Wildman–Crippen MR) is 110 cm³/mol. The van der Waals surface area contributed by atoms with E-state index in [0.29, 0.717) is 36.9 Å². The molecular weight excluding hydrogens is 350 g/mol. The minimum atomic E-state index is 0.268. The highest BCUT2D eigenvalue weighted by Gasteiger charge is 2.42. The monoisotopic (exact) mass is 385 g/mol. The van der Waals surface area contributed by atoms with Crippen LogP contribution in [0, 0.1) is 11.3 Å². The number of carbonyl (C=O) groups is 1. The fourth-order valence-corrected chi connectivity index (χ4v) is 5.51. The molecule has 1 spiro atoms. The van der Waals surface area contributed by atoms with Crippen molar-refractivity contribution in [1.82, 2.24) is 25.6 Å². The minimum Gasteiger partial charge on any atom is -0.336 e. The molecule has 0 bridgehead atoms. The van der Waals surface area contributed by atoms with Crippen LogP contribution >= 0.6 is 0 Å². The van der Waals surface area contributed by atoms with E-state index in [9.17, 15) is 4.79 Å². The normalized spacial score (nSPS) is 34.3. The van der Waals surface area contributed by atoms with E-state index >= 15 is 0 Å². The molecule has 1 aromatic rings. The summed E-state index contributed by atoms with van der Waals surface area (Å²) in [5, 5.41) is 0. The summed E-state index contributed by atoms with van der Waals surface area (Å²) in [4.78, 5) is 21.7. The van der Waals surface area contributed by atoms with Crippen molar-refractivity contribution in [2.24, 2.45) is 11.3 Å². The number of hydrogen-bond donors (Lipinski definition) is 2. The number of nitrogens with one attached hydrogen (secondary N) is 2. The van der Waals surface area contributed by atoms with E-state index in [1.807, 2.05) is 24.4 Å². The highest BCUT2D eigenvalue weighted by molar-refractivity contribution is 5.77. The lowest BCUT2D eigenvalue weighted by Gasteiger charge is -2.48. The van der Waals surface area contributed by atoms with Gasteiger partial charge in [-0.3, -0.25) is 20.6 Å². The van der Waals surface area contributed by atoms with Crippen LogP contribution < -0.4 is 10.9 Å². The van der Waals surface area contributed by atoms with Crippen molar-refractivity contribution in [2.75, 3.05) is 26.2 Å². The smallest absolute Gasteiger partial charge is 0.222 e. The van der Waals surface area contributed by atoms with Crippen LogP contribution in [-0.2, 0) is 11.3 Å². The fraction of sp³-hybridized carbons (Fsp3) is 0.727. The Morgan fingerprint density at radius 3 is 2.75 bits per heavy atom. The van der Waals surface area contributed by atoms with Crippen molar-refractivity contribution in [2.45, 2.75) is 64.6 Å². The van der Waals surface area contributed by atoms with Gasteiger partial charge in [0.2, 0.25) is 5.91 Å². The van der Waals surface area contributed by atoms with E-state index in [1.165, 1.54) is 32.4 Å². The number of hydrogen-bond acceptors (Lipinski definition) is 5. The quantitative estimate of drug-likeness (QED) is 0.814. The maximum Gasteiger partial charge on any atom is 0.222 e. The van der Waals surface area contributed by atoms with E-state index in [2.05, 4.69) is 39.5 Å². The Balaban J connectivity index is 1.36. The lowest BCUT2D eigenvalue weighted by Crippen LogP contribution is -2.54. The zero-order chi connectivity index (χ0) is 19.6. The largest absolute Gasteiger partial charge is 0.336 e. The van der Waals surface area contributed by atoms with Crippen LogP contribution in [0.15, 0.2) is 24.4 Å². The van der Waals surface area contributed by atoms with E-state index in [1.54, 1.807) is 0 Å². The van der Waals surface area contributed by atoms with Gasteiger partial charge in [0, 0.05) is 43.2 Å². The maximum absolute atomic E-state index is 12.5. The Kier molecular flexibility index (Phi) is 5.99. The highest BCUT2D eigenvalue weighted by atomic mass is 16.2. The molecule has 1 amide bonds. The molecule has 3 atom stereocenters. The number of piperidine rings is 2. The van der Waals surface area contributed by atoms with Gasteiger partial charge < -0.3 is 9.80 Å². The van der Waals surface area contributed by atoms with Crippen LogP contribution in [0.3, 0.4) is 0 Å². The van der Waals surface area contributed by atoms with Crippen LogP contribution in [0.25, 0.3) is 0 Å². The third-order valence-corrected chi connectivity index (χ3v) is 7.17. The van der Waals surface area contributed by atoms with Crippen molar-refractivity contribution >= 4 is 5.91 Å². The Hall–Kier alpha value is -1.50. The lowest BCUT2D eigenvalue weighted by atomic mass is 9.73. The summed E-state index contributed by atoms with van der Waals surface area (Å²) in [5.41, 5.74) is 8.02. The second kappa shape index (κ2) is 8.47. The lowest BCUT2D eigenvalue weighted by molar-refractivity contribution is -0.140. The van der Waals surface area contributed by atoms with Gasteiger partial charge in [0.25, 0.3) is 0 Å². The third kappa shape index (κ3) is 4.39. The number of amides is 1. The van der Waals surface area contributed by atoms with Crippen LogP contribution in [0.5, 0.6) is 0 Å². The molecule has 0 aliphatic carbocycles. The zero-order valence-corrected chi connectivity index (χ0v) is 17.4. The van der Waals surface area contributed by atoms with Gasteiger partial charge >= 0.3 is 0 Å². The molecule has 3 aliphatic heterocycles. The second-order valence-corrected chi connectivity index (χ2v) is 9.27. The average Bonchev–Trinajstić information content (AvgIpc) is 3.02. The minimum absolute atomic E-state index is 0.268. The van der Waals surface area contributed by atoms with Gasteiger partial charge in [0.15, 0.2) is 0 Å². The van der Waals surface area contributed by atoms with Gasteiger partial charge in [-0.15, -0.1) is 0 Å². The summed E-state index contributed by atoms with van der Waals surface area (Å²) in [5.74, 6) is 0.977. The van der Waals surface area contributed by atoms with Gasteiger partial charge in [0.05, 0.1) is 12.2 Å². The van der Waals surface area contributed by atoms with Crippen LogP contribution in [0.1, 0.15) is 51.6 Å². The molecule has 4 rings (SSSR count). The Bertz CT molecular complexity index is 658. The molecule has 3 aliphatic rings. The van der Waals surface area contributed by atoms with Gasteiger partial charge in [-0.1, -0.05) is 6.07 Å². The first-order chi connectivity index (χ1) is 13.5. The summed E-state index contributed by atoms with van der Waals surface area (Å²) in [6, 6.07) is 7.03. The summed E-state index contributed by atoms with van der Waals surface area (Å²) in [6.07, 6.45) is 7.27. The summed E-state index contributed by atoms with van der Waals surface area (Å²) >= 11 is 0. The summed E-state index contributed by atoms with van der Waals surface area (Å²) < 4.78 is 0. The molecule has 0 radical (unpaired) electrons. The predicted octanol–water partition coefficient (Wildman–Crippen LogP) is 2.18. The average molecular weight is 386 g/mol. The highest BCUT2D eigenvalue weighted by Crippen LogP contribution is 2.39. The molecule has 1 aromatic heterocycles. The first-order valence-corrected chi connectivity index (χ1v) is 11.0. The van der Waals surface area contributed by atoms with Gasteiger partial charge in [-0.2, -0.15) is 0 Å². The van der Waals surface area contributed by atoms with Crippen molar-refractivity contribution < 1.29 is 4.79 Å². The Morgan fingerprint density at radius 1 is 1.18 bits per heavy atom. The number of carbonyl (C=O) groups excluding carboxylic acids is 1. The van der Waals surface area contributed by atoms with E-state index in [0.717, 1.165) is 25.2 Å². The van der Waals surface area contributed by atoms with E-state index < -0.39 is 0 Å². The second-order valence-electron chi connectivity index (χ2n) is 9.27. The van der Waals surface area contributed by atoms with Crippen molar-refractivity contribution in [3.05, 3.63) is 30.1 Å². The Morgan fingerprint density at radius 2 is 2.00 bits per heavy atom. The number of nitrogens with zero attached hydrogens (tertiary/aromatic N) is 3. The van der Waals surface area contributed by atoms with Gasteiger partial charge in [-0.05, 0) is 70.7 Å². The van der Waals surface area contributed by atoms with Crippen molar-refractivity contribution in [1.29, 1.82) is 0 Å². The summed E-state index contributed by atoms with van der Waals surface area (Å²) in [7, 11) is 0. The molecule has 3 saturated heterocycles. The fourth-order valence-electron chi connectivity index (χ4n) is 5.51. The standard InChI is InChI=1S/C22H35N5O/c1-17-20(18(2)25-24-17)8-13-26-12-5-9-22(15-26)10-7-21(28)27(16-22)14-19-6-3-4-11-23-19/h3-4,6,11,17-18,20,24-25H,5,7-10,12-16H2,1-2H3. The summed E-state index contributed by atoms with van der Waals surface area (Å²) in [6.45, 7) is 9.59. The number of aromatic nitrogens is 1. The van der Waals surface area contributed by atoms with Crippen molar-refractivity contribution in [3.8, 4) is 0 Å². The molecule has 6 heteroatoms. The molecule has 0 aromatic carbocycles. The number of rotatable bonds is 5. The molecule has 4 heterocycles. The van der Waals surface area contributed by atoms with Gasteiger partial charge in [-0.25, -0.2) is 0 Å². The molecule has 0 saturated carbocycles. The van der Waals surface area contributed by atoms with Crippen LogP contribution in [0.2, 0.25) is 0 Å². The molecule has 2 N–H and O–H groups in total. The number of pyridine rings is 1. The van der Waals surface area contributed by atoms with E-state index in [4.69, 9.17) is 0 Å². The molecular formula is C22H35N5O. The Labute approximate surface area is 169 Å². The topological polar surface area (TPSA) is 60.5 Å². The van der Waals surface area contributed by atoms with Gasteiger partial charge in [0.1, 0.15) is 0 Å². The molecule has 154 valence electrons. The van der Waals surface area contributed by atoms with Crippen LogP contribution in [0.4, 0.5) is 0 Å². The SMILES string of the molecule is CC1NNC(C)C1CCN1CCCC2(CCC(=O)N(Cc3ccccn3)C2)C1. The molecule has 3 unspecified atom stereocenters. The molecule has 3 fully saturated rings. The molecule has 28 heavy (non-hydrogen) atoms. The number of hydrazine groups is 1. The number of likely N-dealkylation sites (tertiary alicyclic amines) is 2. The molecule has 6 nitrogen and oxygen atoms in total. The zero-order valence-electron chi connectivity index (χ0n) is 17.4. The first kappa shape index (κ1) is 19.8.